The molecule has 0 spiro atoms. The molecule has 2 heterocycles. The molecule has 0 radical (unpaired) electrons. The first kappa shape index (κ1) is 25.0. The van der Waals surface area contributed by atoms with Crippen LogP contribution in [0.3, 0.4) is 0 Å². The Morgan fingerprint density at radius 3 is 2.06 bits per heavy atom. The van der Waals surface area contributed by atoms with E-state index in [4.69, 9.17) is 23.7 Å². The molecule has 0 aromatic rings. The number of ether oxygens (including phenoxy) is 6. The van der Waals surface area contributed by atoms with E-state index in [0.717, 1.165) is 20.8 Å². The number of carbonyl (C=O) groups is 6. The fraction of sp³-hybridized carbons (Fsp3) is 0.667. The molecule has 6 atom stereocenters. The topological polar surface area (TPSA) is 182 Å². The summed E-state index contributed by atoms with van der Waals surface area (Å²) in [5.41, 5.74) is 0. The Bertz CT molecular complexity index is 784. The molecule has 14 nitrogen and oxygen atoms in total. The van der Waals surface area contributed by atoms with E-state index < -0.39 is 85.8 Å². The first-order chi connectivity index (χ1) is 15.0. The molecule has 2 fully saturated rings. The molecule has 2 amide bonds. The van der Waals surface area contributed by atoms with E-state index >= 15 is 0 Å². The highest BCUT2D eigenvalue weighted by Crippen LogP contribution is 2.28. The highest BCUT2D eigenvalue weighted by Gasteiger charge is 2.51. The van der Waals surface area contributed by atoms with Gasteiger partial charge < -0.3 is 39.1 Å². The zero-order valence-electron chi connectivity index (χ0n) is 17.8. The van der Waals surface area contributed by atoms with E-state index in [0.29, 0.717) is 0 Å². The number of alkyl carbamates (subject to hydrolysis) is 1. The van der Waals surface area contributed by atoms with Crippen molar-refractivity contribution in [2.45, 2.75) is 64.4 Å². The van der Waals surface area contributed by atoms with Crippen molar-refractivity contribution in [2.75, 3.05) is 13.2 Å². The fourth-order valence-electron chi connectivity index (χ4n) is 3.13. The molecule has 2 rings (SSSR count). The summed E-state index contributed by atoms with van der Waals surface area (Å²) < 4.78 is 31.2. The molecule has 0 saturated carbocycles. The number of hydrogen-bond donors (Lipinski definition) is 2. The average molecular weight is 460 g/mol. The number of hydrogen-bond acceptors (Lipinski definition) is 12. The van der Waals surface area contributed by atoms with Crippen LogP contribution in [0.1, 0.15) is 27.7 Å². The standard InChI is InChI=1S/C18H24N2O12/c1-7(21)19-13-15(30-10(4)24)14(29-9(3)23)12(6-27-8(2)22)31-17(13)28-5-11-16(25)32-18(26)20-11/h11-15,17H,5-6H2,1-4H3,(H,19,21)(H,20,26)/t11-,12+,13+,14-,15+,17-/m0/s1. The van der Waals surface area contributed by atoms with Gasteiger partial charge in [0.15, 0.2) is 24.5 Å². The van der Waals surface area contributed by atoms with E-state index in [9.17, 15) is 28.8 Å². The fourth-order valence-corrected chi connectivity index (χ4v) is 3.13. The molecule has 2 aliphatic heterocycles. The maximum absolute atomic E-state index is 11.8. The first-order valence-corrected chi connectivity index (χ1v) is 9.52. The lowest BCUT2D eigenvalue weighted by atomic mass is 9.96. The predicted octanol–water partition coefficient (Wildman–Crippen LogP) is -1.71. The lowest BCUT2D eigenvalue weighted by Crippen LogP contribution is -2.66. The van der Waals surface area contributed by atoms with Gasteiger partial charge in [-0.1, -0.05) is 0 Å². The van der Waals surface area contributed by atoms with Crippen LogP contribution >= 0.6 is 0 Å². The maximum Gasteiger partial charge on any atom is 0.415 e. The second-order valence-corrected chi connectivity index (χ2v) is 6.96. The molecule has 0 bridgehead atoms. The van der Waals surface area contributed by atoms with Gasteiger partial charge in [0, 0.05) is 27.7 Å². The van der Waals surface area contributed by atoms with Crippen LogP contribution in [0.5, 0.6) is 0 Å². The summed E-state index contributed by atoms with van der Waals surface area (Å²) in [5, 5.41) is 4.73. The monoisotopic (exact) mass is 460 g/mol. The van der Waals surface area contributed by atoms with Crippen molar-refractivity contribution in [1.29, 1.82) is 0 Å². The molecule has 2 aliphatic rings. The molecular formula is C18H24N2O12. The van der Waals surface area contributed by atoms with Crippen LogP contribution in [0, 0.1) is 0 Å². The molecule has 2 saturated heterocycles. The molecule has 178 valence electrons. The summed E-state index contributed by atoms with van der Waals surface area (Å²) in [7, 11) is 0. The van der Waals surface area contributed by atoms with Crippen LogP contribution in [-0.2, 0) is 52.4 Å². The number of esters is 4. The second kappa shape index (κ2) is 10.9. The van der Waals surface area contributed by atoms with E-state index in [1.165, 1.54) is 6.92 Å². The smallest absolute Gasteiger partial charge is 0.415 e. The Kier molecular flexibility index (Phi) is 8.48. The third-order valence-electron chi connectivity index (χ3n) is 4.27. The van der Waals surface area contributed by atoms with Crippen molar-refractivity contribution in [3.8, 4) is 0 Å². The SMILES string of the molecule is CC(=O)N[C@H]1[C@@H](OC[C@@H]2NC(=O)OC2=O)O[C@H](COC(C)=O)[C@H](OC(C)=O)[C@@H]1OC(C)=O. The minimum atomic E-state index is -1.36. The van der Waals surface area contributed by atoms with Crippen molar-refractivity contribution in [2.24, 2.45) is 0 Å². The van der Waals surface area contributed by atoms with Gasteiger partial charge in [0.2, 0.25) is 5.91 Å². The van der Waals surface area contributed by atoms with Gasteiger partial charge in [0.25, 0.3) is 0 Å². The van der Waals surface area contributed by atoms with Crippen molar-refractivity contribution in [1.82, 2.24) is 10.6 Å². The van der Waals surface area contributed by atoms with Gasteiger partial charge in [-0.15, -0.1) is 0 Å². The Hall–Kier alpha value is -3.26. The van der Waals surface area contributed by atoms with Crippen LogP contribution in [0.15, 0.2) is 0 Å². The van der Waals surface area contributed by atoms with Gasteiger partial charge in [0.1, 0.15) is 18.8 Å². The third kappa shape index (κ3) is 6.88. The predicted molar refractivity (Wildman–Crippen MR) is 98.4 cm³/mol. The van der Waals surface area contributed by atoms with Crippen LogP contribution in [0.25, 0.3) is 0 Å². The van der Waals surface area contributed by atoms with Crippen LogP contribution in [0.2, 0.25) is 0 Å². The number of nitrogens with one attached hydrogen (secondary N) is 2. The van der Waals surface area contributed by atoms with E-state index in [2.05, 4.69) is 15.4 Å². The lowest BCUT2D eigenvalue weighted by Gasteiger charge is -2.45. The largest absolute Gasteiger partial charge is 0.463 e. The minimum absolute atomic E-state index is 0.403. The normalized spacial score (nSPS) is 29.4. The molecule has 0 aliphatic carbocycles. The Morgan fingerprint density at radius 1 is 0.938 bits per heavy atom. The van der Waals surface area contributed by atoms with E-state index in [1.54, 1.807) is 0 Å². The summed E-state index contributed by atoms with van der Waals surface area (Å²) in [4.78, 5) is 69.4. The van der Waals surface area contributed by atoms with Crippen LogP contribution < -0.4 is 10.6 Å². The molecule has 14 heteroatoms. The van der Waals surface area contributed by atoms with E-state index in [1.807, 2.05) is 0 Å². The van der Waals surface area contributed by atoms with Gasteiger partial charge in [-0.25, -0.2) is 9.59 Å². The van der Waals surface area contributed by atoms with Gasteiger partial charge in [-0.05, 0) is 0 Å². The van der Waals surface area contributed by atoms with Crippen molar-refractivity contribution in [3.05, 3.63) is 0 Å². The Labute approximate surface area is 182 Å². The third-order valence-corrected chi connectivity index (χ3v) is 4.27. The average Bonchev–Trinajstić information content (AvgIpc) is 2.98. The number of carbonyl (C=O) groups excluding carboxylic acids is 6. The maximum atomic E-state index is 11.8. The highest BCUT2D eigenvalue weighted by molar-refractivity contribution is 5.95. The molecule has 0 unspecified atom stereocenters. The van der Waals surface area contributed by atoms with Crippen LogP contribution in [0.4, 0.5) is 4.79 Å². The van der Waals surface area contributed by atoms with Crippen molar-refractivity contribution >= 4 is 35.9 Å². The summed E-state index contributed by atoms with van der Waals surface area (Å²) >= 11 is 0. The van der Waals surface area contributed by atoms with Crippen molar-refractivity contribution < 1.29 is 57.2 Å². The van der Waals surface area contributed by atoms with Gasteiger partial charge in [-0.2, -0.15) is 0 Å². The number of amides is 2. The number of rotatable bonds is 8. The molecule has 0 aromatic carbocycles. The van der Waals surface area contributed by atoms with Crippen molar-refractivity contribution in [3.63, 3.8) is 0 Å². The van der Waals surface area contributed by atoms with Gasteiger partial charge in [0.05, 0.1) is 6.61 Å². The quantitative estimate of drug-likeness (QED) is 0.238. The summed E-state index contributed by atoms with van der Waals surface area (Å²) in [6.07, 6.45) is -6.05. The second-order valence-electron chi connectivity index (χ2n) is 6.96. The van der Waals surface area contributed by atoms with Gasteiger partial charge >= 0.3 is 30.0 Å². The zero-order valence-corrected chi connectivity index (χ0v) is 17.8. The first-order valence-electron chi connectivity index (χ1n) is 9.52. The Morgan fingerprint density at radius 2 is 1.56 bits per heavy atom. The number of cyclic esters (lactones) is 2. The Balaban J connectivity index is 2.32. The molecule has 0 aromatic heterocycles. The molecule has 32 heavy (non-hydrogen) atoms. The summed E-state index contributed by atoms with van der Waals surface area (Å²) in [6, 6.07) is -2.34. The lowest BCUT2D eigenvalue weighted by molar-refractivity contribution is -0.278. The zero-order chi connectivity index (χ0) is 24.0. The summed E-state index contributed by atoms with van der Waals surface area (Å²) in [6.45, 7) is 3.72. The molecule has 2 N–H and O–H groups in total. The van der Waals surface area contributed by atoms with E-state index in [-0.39, 0.29) is 0 Å². The molecular weight excluding hydrogens is 436 g/mol. The van der Waals surface area contributed by atoms with Gasteiger partial charge in [-0.3, -0.25) is 19.2 Å². The summed E-state index contributed by atoms with van der Waals surface area (Å²) in [5.74, 6) is -3.61. The highest BCUT2D eigenvalue weighted by atomic mass is 16.7. The minimum Gasteiger partial charge on any atom is -0.463 e. The van der Waals surface area contributed by atoms with Crippen LogP contribution in [-0.4, -0.2) is 85.8 Å².